The number of likely N-dealkylation sites (tertiary alicyclic amines) is 1. The first kappa shape index (κ1) is 11.9. The predicted molar refractivity (Wildman–Crippen MR) is 67.1 cm³/mol. The van der Waals surface area contributed by atoms with Gasteiger partial charge >= 0.3 is 0 Å². The predicted octanol–water partition coefficient (Wildman–Crippen LogP) is 2.34. The molecule has 0 amide bonds. The molecule has 90 valence electrons. The Balaban J connectivity index is 1.87. The van der Waals surface area contributed by atoms with Crippen LogP contribution in [-0.4, -0.2) is 31.1 Å². The zero-order chi connectivity index (χ0) is 12.1. The van der Waals surface area contributed by atoms with Gasteiger partial charge in [0, 0.05) is 6.54 Å². The van der Waals surface area contributed by atoms with Gasteiger partial charge in [-0.25, -0.2) is 0 Å². The summed E-state index contributed by atoms with van der Waals surface area (Å²) >= 11 is 0. The smallest absolute Gasteiger partial charge is 0.123 e. The van der Waals surface area contributed by atoms with Crippen molar-refractivity contribution in [2.75, 3.05) is 26.2 Å². The fourth-order valence-corrected chi connectivity index (χ4v) is 2.12. The molecule has 0 aliphatic carbocycles. The Bertz CT molecular complexity index is 417. The van der Waals surface area contributed by atoms with Crippen LogP contribution in [0.5, 0.6) is 5.75 Å². The summed E-state index contributed by atoms with van der Waals surface area (Å²) in [7, 11) is 0. The highest BCUT2D eigenvalue weighted by atomic mass is 16.5. The van der Waals surface area contributed by atoms with Crippen molar-refractivity contribution < 1.29 is 4.74 Å². The van der Waals surface area contributed by atoms with Crippen molar-refractivity contribution in [3.8, 4) is 11.8 Å². The van der Waals surface area contributed by atoms with Gasteiger partial charge in [-0.3, -0.25) is 4.90 Å². The van der Waals surface area contributed by atoms with Gasteiger partial charge in [0.05, 0.1) is 11.6 Å². The Morgan fingerprint density at radius 3 is 2.82 bits per heavy atom. The van der Waals surface area contributed by atoms with Crippen molar-refractivity contribution in [3.05, 3.63) is 29.3 Å². The molecule has 1 heterocycles. The molecule has 1 saturated heterocycles. The number of aryl methyl sites for hydroxylation is 1. The van der Waals surface area contributed by atoms with Crippen molar-refractivity contribution in [1.29, 1.82) is 5.26 Å². The lowest BCUT2D eigenvalue weighted by molar-refractivity contribution is 0.237. The minimum absolute atomic E-state index is 0.659. The summed E-state index contributed by atoms with van der Waals surface area (Å²) < 4.78 is 5.75. The van der Waals surface area contributed by atoms with Gasteiger partial charge in [-0.05, 0) is 50.6 Å². The molecule has 17 heavy (non-hydrogen) atoms. The maximum atomic E-state index is 8.84. The topological polar surface area (TPSA) is 36.3 Å². The molecule has 1 fully saturated rings. The van der Waals surface area contributed by atoms with Crippen LogP contribution < -0.4 is 4.74 Å². The molecule has 0 radical (unpaired) electrons. The maximum absolute atomic E-state index is 8.84. The van der Waals surface area contributed by atoms with E-state index in [9.17, 15) is 0 Å². The average molecular weight is 230 g/mol. The lowest BCUT2D eigenvalue weighted by Crippen LogP contribution is -2.25. The molecule has 0 N–H and O–H groups in total. The van der Waals surface area contributed by atoms with Crippen LogP contribution in [0.25, 0.3) is 0 Å². The van der Waals surface area contributed by atoms with Crippen LogP contribution in [-0.2, 0) is 0 Å². The van der Waals surface area contributed by atoms with Crippen molar-refractivity contribution >= 4 is 0 Å². The molecule has 0 unspecified atom stereocenters. The average Bonchev–Trinajstić information content (AvgIpc) is 2.84. The van der Waals surface area contributed by atoms with E-state index in [0.29, 0.717) is 12.2 Å². The van der Waals surface area contributed by atoms with Crippen molar-refractivity contribution in [2.24, 2.45) is 0 Å². The first-order valence-electron chi connectivity index (χ1n) is 6.15. The van der Waals surface area contributed by atoms with Gasteiger partial charge in [-0.2, -0.15) is 5.26 Å². The third kappa shape index (κ3) is 3.21. The van der Waals surface area contributed by atoms with Crippen LogP contribution in [0.15, 0.2) is 18.2 Å². The molecule has 1 aliphatic rings. The lowest BCUT2D eigenvalue weighted by Gasteiger charge is -2.15. The number of hydrogen-bond acceptors (Lipinski definition) is 3. The number of nitriles is 1. The number of nitrogens with zero attached hydrogens (tertiary/aromatic N) is 2. The fourth-order valence-electron chi connectivity index (χ4n) is 2.12. The molecule has 1 aromatic carbocycles. The van der Waals surface area contributed by atoms with E-state index in [1.54, 1.807) is 0 Å². The molecular formula is C14H18N2O. The number of benzene rings is 1. The number of ether oxygens (including phenoxy) is 1. The molecule has 0 aromatic heterocycles. The SMILES string of the molecule is Cc1ccc(C#N)cc1OCCN1CCCC1. The Morgan fingerprint density at radius 2 is 2.12 bits per heavy atom. The molecular weight excluding hydrogens is 212 g/mol. The molecule has 0 atom stereocenters. The molecule has 0 spiro atoms. The van der Waals surface area contributed by atoms with Gasteiger partial charge in [0.25, 0.3) is 0 Å². The summed E-state index contributed by atoms with van der Waals surface area (Å²) in [5.41, 5.74) is 1.75. The van der Waals surface area contributed by atoms with Gasteiger partial charge < -0.3 is 4.74 Å². The summed E-state index contributed by atoms with van der Waals surface area (Å²) in [5, 5.41) is 8.84. The fraction of sp³-hybridized carbons (Fsp3) is 0.500. The first-order chi connectivity index (χ1) is 8.29. The second-order valence-corrected chi connectivity index (χ2v) is 4.49. The van der Waals surface area contributed by atoms with Crippen LogP contribution in [0.3, 0.4) is 0 Å². The van der Waals surface area contributed by atoms with E-state index in [1.807, 2.05) is 25.1 Å². The lowest BCUT2D eigenvalue weighted by atomic mass is 10.1. The highest BCUT2D eigenvalue weighted by Crippen LogP contribution is 2.19. The number of rotatable bonds is 4. The van der Waals surface area contributed by atoms with E-state index in [0.717, 1.165) is 17.9 Å². The van der Waals surface area contributed by atoms with Crippen LogP contribution in [0, 0.1) is 18.3 Å². The minimum Gasteiger partial charge on any atom is -0.492 e. The van der Waals surface area contributed by atoms with Gasteiger partial charge in [0.15, 0.2) is 0 Å². The van der Waals surface area contributed by atoms with E-state index < -0.39 is 0 Å². The summed E-state index contributed by atoms with van der Waals surface area (Å²) in [6.45, 7) is 6.08. The summed E-state index contributed by atoms with van der Waals surface area (Å²) in [5.74, 6) is 0.836. The van der Waals surface area contributed by atoms with Crippen LogP contribution in [0.2, 0.25) is 0 Å². The molecule has 3 heteroatoms. The zero-order valence-electron chi connectivity index (χ0n) is 10.3. The standard InChI is InChI=1S/C14H18N2O/c1-12-4-5-13(11-15)10-14(12)17-9-8-16-6-2-3-7-16/h4-5,10H,2-3,6-9H2,1H3. The second-order valence-electron chi connectivity index (χ2n) is 4.49. The Labute approximate surface area is 103 Å². The Hall–Kier alpha value is -1.53. The van der Waals surface area contributed by atoms with E-state index >= 15 is 0 Å². The van der Waals surface area contributed by atoms with Gasteiger partial charge in [-0.1, -0.05) is 6.07 Å². The molecule has 0 bridgehead atoms. The van der Waals surface area contributed by atoms with Crippen LogP contribution in [0.4, 0.5) is 0 Å². The molecule has 1 aliphatic heterocycles. The molecule has 0 saturated carbocycles. The maximum Gasteiger partial charge on any atom is 0.123 e. The summed E-state index contributed by atoms with van der Waals surface area (Å²) in [6.07, 6.45) is 2.62. The monoisotopic (exact) mass is 230 g/mol. The van der Waals surface area contributed by atoms with Gasteiger partial charge in [-0.15, -0.1) is 0 Å². The first-order valence-corrected chi connectivity index (χ1v) is 6.15. The summed E-state index contributed by atoms with van der Waals surface area (Å²) in [6, 6.07) is 7.71. The largest absolute Gasteiger partial charge is 0.492 e. The van der Waals surface area contributed by atoms with Crippen molar-refractivity contribution in [3.63, 3.8) is 0 Å². The third-order valence-corrected chi connectivity index (χ3v) is 3.18. The summed E-state index contributed by atoms with van der Waals surface area (Å²) in [4.78, 5) is 2.42. The number of hydrogen-bond donors (Lipinski definition) is 0. The zero-order valence-corrected chi connectivity index (χ0v) is 10.3. The Kier molecular flexibility index (Phi) is 4.00. The van der Waals surface area contributed by atoms with E-state index in [2.05, 4.69) is 11.0 Å². The van der Waals surface area contributed by atoms with Crippen molar-refractivity contribution in [1.82, 2.24) is 4.90 Å². The molecule has 1 aromatic rings. The van der Waals surface area contributed by atoms with Crippen LogP contribution >= 0.6 is 0 Å². The Morgan fingerprint density at radius 1 is 1.35 bits per heavy atom. The third-order valence-electron chi connectivity index (χ3n) is 3.18. The van der Waals surface area contributed by atoms with Crippen LogP contribution in [0.1, 0.15) is 24.0 Å². The van der Waals surface area contributed by atoms with Gasteiger partial charge in [0.2, 0.25) is 0 Å². The molecule has 2 rings (SSSR count). The normalized spacial score (nSPS) is 15.8. The van der Waals surface area contributed by atoms with E-state index in [4.69, 9.17) is 10.00 Å². The van der Waals surface area contributed by atoms with E-state index in [1.165, 1.54) is 25.9 Å². The molecule has 3 nitrogen and oxygen atoms in total. The highest BCUT2D eigenvalue weighted by Gasteiger charge is 2.11. The van der Waals surface area contributed by atoms with Gasteiger partial charge in [0.1, 0.15) is 12.4 Å². The quantitative estimate of drug-likeness (QED) is 0.796. The second kappa shape index (κ2) is 5.70. The van der Waals surface area contributed by atoms with E-state index in [-0.39, 0.29) is 0 Å². The highest BCUT2D eigenvalue weighted by molar-refractivity contribution is 5.41. The van der Waals surface area contributed by atoms with Crippen molar-refractivity contribution in [2.45, 2.75) is 19.8 Å². The minimum atomic E-state index is 0.659.